The zero-order valence-corrected chi connectivity index (χ0v) is 11.0. The number of fused-ring (bicyclic) bond motifs is 5. The van der Waals surface area contributed by atoms with E-state index in [2.05, 4.69) is 5.32 Å². The maximum Gasteiger partial charge on any atom is 0.245 e. The number of imide groups is 1. The van der Waals surface area contributed by atoms with Crippen LogP contribution < -0.4 is 5.32 Å². The van der Waals surface area contributed by atoms with Crippen LogP contribution in [0.4, 0.5) is 0 Å². The Balaban J connectivity index is 2.17. The van der Waals surface area contributed by atoms with Gasteiger partial charge in [-0.05, 0) is 22.3 Å². The van der Waals surface area contributed by atoms with Gasteiger partial charge in [0.1, 0.15) is 11.3 Å². The molecule has 1 unspecified atom stereocenters. The smallest absolute Gasteiger partial charge is 0.245 e. The second kappa shape index (κ2) is 3.80. The van der Waals surface area contributed by atoms with Crippen molar-refractivity contribution >= 4 is 11.8 Å². The first-order chi connectivity index (χ1) is 10.2. The molecular weight excluding hydrogens is 264 g/mol. The molecule has 2 aromatic carbocycles. The molecule has 1 aliphatic heterocycles. The average molecular weight is 274 g/mol. The van der Waals surface area contributed by atoms with Gasteiger partial charge in [0, 0.05) is 0 Å². The molecule has 0 aromatic heterocycles. The summed E-state index contributed by atoms with van der Waals surface area (Å²) in [4.78, 5) is 24.7. The Morgan fingerprint density at radius 3 is 2.00 bits per heavy atom. The van der Waals surface area contributed by atoms with Gasteiger partial charge in [0.2, 0.25) is 11.8 Å². The van der Waals surface area contributed by atoms with Crippen molar-refractivity contribution in [1.29, 1.82) is 5.26 Å². The first kappa shape index (κ1) is 11.9. The van der Waals surface area contributed by atoms with E-state index in [0.717, 1.165) is 22.3 Å². The van der Waals surface area contributed by atoms with Gasteiger partial charge in [0.25, 0.3) is 0 Å². The Hall–Kier alpha value is -2.93. The molecule has 1 heterocycles. The number of rotatable bonds is 0. The topological polar surface area (TPSA) is 70.0 Å². The van der Waals surface area contributed by atoms with Crippen molar-refractivity contribution in [2.75, 3.05) is 0 Å². The maximum absolute atomic E-state index is 12.6. The highest BCUT2D eigenvalue weighted by molar-refractivity contribution is 6.16. The van der Waals surface area contributed by atoms with Crippen molar-refractivity contribution in [1.82, 2.24) is 5.32 Å². The van der Waals surface area contributed by atoms with Crippen LogP contribution in [0.3, 0.4) is 0 Å². The number of nitrogens with zero attached hydrogens (tertiary/aromatic N) is 1. The van der Waals surface area contributed by atoms with E-state index in [1.807, 2.05) is 54.6 Å². The third-order valence-electron chi connectivity index (χ3n) is 4.41. The first-order valence-corrected chi connectivity index (χ1v) is 6.65. The summed E-state index contributed by atoms with van der Waals surface area (Å²) in [5, 5.41) is 11.8. The Morgan fingerprint density at radius 1 is 0.952 bits per heavy atom. The van der Waals surface area contributed by atoms with Crippen LogP contribution in [-0.4, -0.2) is 11.8 Å². The summed E-state index contributed by atoms with van der Waals surface area (Å²) < 4.78 is 0. The number of carbonyl (C=O) groups is 2. The van der Waals surface area contributed by atoms with Crippen molar-refractivity contribution in [2.45, 2.75) is 5.41 Å². The van der Waals surface area contributed by atoms with Crippen LogP contribution in [0.25, 0.3) is 11.1 Å². The summed E-state index contributed by atoms with van der Waals surface area (Å²) in [5.41, 5.74) is 2.09. The predicted molar refractivity (Wildman–Crippen MR) is 74.9 cm³/mol. The quantitative estimate of drug-likeness (QED) is 0.744. The largest absolute Gasteiger partial charge is 0.294 e. The van der Waals surface area contributed by atoms with Gasteiger partial charge in [-0.2, -0.15) is 5.26 Å². The number of benzene rings is 2. The Bertz CT molecular complexity index is 802. The van der Waals surface area contributed by atoms with Crippen LogP contribution in [0.2, 0.25) is 0 Å². The molecule has 1 saturated heterocycles. The second-order valence-electron chi connectivity index (χ2n) is 5.28. The third-order valence-corrected chi connectivity index (χ3v) is 4.41. The minimum Gasteiger partial charge on any atom is -0.294 e. The summed E-state index contributed by atoms with van der Waals surface area (Å²) in [6, 6.07) is 17.0. The lowest BCUT2D eigenvalue weighted by atomic mass is 9.70. The fourth-order valence-electron chi connectivity index (χ4n) is 3.59. The molecule has 0 saturated carbocycles. The molecule has 2 aromatic rings. The number of nitriles is 1. The summed E-state index contributed by atoms with van der Waals surface area (Å²) in [5.74, 6) is -1.96. The lowest BCUT2D eigenvalue weighted by Crippen LogP contribution is -2.38. The highest BCUT2D eigenvalue weighted by Gasteiger charge is 2.61. The monoisotopic (exact) mass is 274 g/mol. The van der Waals surface area contributed by atoms with Crippen LogP contribution in [0.1, 0.15) is 11.1 Å². The normalized spacial score (nSPS) is 20.8. The summed E-state index contributed by atoms with van der Waals surface area (Å²) in [6.45, 7) is 0. The van der Waals surface area contributed by atoms with Crippen molar-refractivity contribution in [3.8, 4) is 17.2 Å². The van der Waals surface area contributed by atoms with E-state index in [1.54, 1.807) is 0 Å². The molecular formula is C17H10N2O2. The SMILES string of the molecule is N#CC1C(=O)NC(=O)C12c1ccccc1-c1ccccc12. The fourth-order valence-corrected chi connectivity index (χ4v) is 3.59. The molecule has 21 heavy (non-hydrogen) atoms. The van der Waals surface area contributed by atoms with Crippen LogP contribution in [0.15, 0.2) is 48.5 Å². The third kappa shape index (κ3) is 1.19. The molecule has 1 spiro atoms. The predicted octanol–water partition coefficient (Wildman–Crippen LogP) is 1.75. The molecule has 2 amide bonds. The van der Waals surface area contributed by atoms with Crippen LogP contribution in [0, 0.1) is 17.2 Å². The number of nitrogens with one attached hydrogen (secondary N) is 1. The van der Waals surface area contributed by atoms with Crippen LogP contribution >= 0.6 is 0 Å². The minimum atomic E-state index is -1.21. The minimum absolute atomic E-state index is 0.406. The standard InChI is InChI=1S/C17H10N2O2/c18-9-14-15(20)19-16(21)17(14)12-7-3-1-5-10(12)11-6-2-4-8-13(11)17/h1-8,14H,(H,19,20,21). The summed E-state index contributed by atoms with van der Waals surface area (Å²) in [7, 11) is 0. The molecule has 4 rings (SSSR count). The lowest BCUT2D eigenvalue weighted by molar-refractivity contribution is -0.126. The van der Waals surface area contributed by atoms with Crippen molar-refractivity contribution in [3.63, 3.8) is 0 Å². The van der Waals surface area contributed by atoms with E-state index in [4.69, 9.17) is 0 Å². The second-order valence-corrected chi connectivity index (χ2v) is 5.28. The van der Waals surface area contributed by atoms with Crippen molar-refractivity contribution in [2.24, 2.45) is 5.92 Å². The molecule has 4 nitrogen and oxygen atoms in total. The van der Waals surface area contributed by atoms with E-state index < -0.39 is 23.1 Å². The molecule has 4 heteroatoms. The summed E-state index contributed by atoms with van der Waals surface area (Å²) in [6.07, 6.45) is 0. The number of amides is 2. The highest BCUT2D eigenvalue weighted by Crippen LogP contribution is 2.54. The maximum atomic E-state index is 12.6. The van der Waals surface area contributed by atoms with Crippen LogP contribution in [0.5, 0.6) is 0 Å². The highest BCUT2D eigenvalue weighted by atomic mass is 16.2. The van der Waals surface area contributed by atoms with Gasteiger partial charge in [-0.25, -0.2) is 0 Å². The first-order valence-electron chi connectivity index (χ1n) is 6.65. The van der Waals surface area contributed by atoms with Gasteiger partial charge in [-0.1, -0.05) is 48.5 Å². The Morgan fingerprint density at radius 2 is 1.48 bits per heavy atom. The van der Waals surface area contributed by atoms with E-state index in [-0.39, 0.29) is 0 Å². The van der Waals surface area contributed by atoms with Gasteiger partial charge in [-0.15, -0.1) is 0 Å². The van der Waals surface area contributed by atoms with Gasteiger partial charge in [0.15, 0.2) is 0 Å². The molecule has 1 aliphatic carbocycles. The van der Waals surface area contributed by atoms with Gasteiger partial charge >= 0.3 is 0 Å². The molecule has 1 N–H and O–H groups in total. The van der Waals surface area contributed by atoms with E-state index in [9.17, 15) is 14.9 Å². The Kier molecular flexibility index (Phi) is 2.14. The van der Waals surface area contributed by atoms with Crippen LogP contribution in [-0.2, 0) is 15.0 Å². The van der Waals surface area contributed by atoms with E-state index >= 15 is 0 Å². The molecule has 100 valence electrons. The van der Waals surface area contributed by atoms with E-state index in [0.29, 0.717) is 0 Å². The van der Waals surface area contributed by atoms with E-state index in [1.165, 1.54) is 0 Å². The zero-order valence-electron chi connectivity index (χ0n) is 11.0. The Labute approximate surface area is 121 Å². The molecule has 2 aliphatic rings. The average Bonchev–Trinajstić information content (AvgIpc) is 2.94. The van der Waals surface area contributed by atoms with Crippen molar-refractivity contribution in [3.05, 3.63) is 59.7 Å². The zero-order chi connectivity index (χ0) is 14.6. The molecule has 0 radical (unpaired) electrons. The summed E-state index contributed by atoms with van der Waals surface area (Å²) >= 11 is 0. The van der Waals surface area contributed by atoms with Gasteiger partial charge in [-0.3, -0.25) is 14.9 Å². The fraction of sp³-hybridized carbons (Fsp3) is 0.118. The molecule has 1 atom stereocenters. The van der Waals surface area contributed by atoms with Gasteiger partial charge in [0.05, 0.1) is 6.07 Å². The van der Waals surface area contributed by atoms with Crippen molar-refractivity contribution < 1.29 is 9.59 Å². The number of hydrogen-bond acceptors (Lipinski definition) is 3. The van der Waals surface area contributed by atoms with Gasteiger partial charge < -0.3 is 0 Å². The molecule has 1 fully saturated rings. The number of carbonyl (C=O) groups excluding carboxylic acids is 2. The number of hydrogen-bond donors (Lipinski definition) is 1. The lowest BCUT2D eigenvalue weighted by Gasteiger charge is -2.25. The molecule has 0 bridgehead atoms.